The topological polar surface area (TPSA) is 97.1 Å². The number of hydrogen-bond acceptors (Lipinski definition) is 3. The number of primary amides is 1. The molecule has 1 aromatic heterocycles. The zero-order valence-corrected chi connectivity index (χ0v) is 10.9. The van der Waals surface area contributed by atoms with Crippen molar-refractivity contribution >= 4 is 23.3 Å². The van der Waals surface area contributed by atoms with Crippen LogP contribution in [0.25, 0.3) is 0 Å². The molecule has 0 saturated carbocycles. The normalized spacial score (nSPS) is 9.85. The van der Waals surface area contributed by atoms with Gasteiger partial charge in [-0.3, -0.25) is 4.79 Å². The molecular formula is C14H14N4O2. The molecule has 20 heavy (non-hydrogen) atoms. The second kappa shape index (κ2) is 5.83. The summed E-state index contributed by atoms with van der Waals surface area (Å²) >= 11 is 0. The van der Waals surface area contributed by atoms with E-state index in [0.717, 1.165) is 5.69 Å². The summed E-state index contributed by atoms with van der Waals surface area (Å²) in [5.74, 6) is -0.288. The van der Waals surface area contributed by atoms with E-state index in [1.54, 1.807) is 36.4 Å². The monoisotopic (exact) mass is 270 g/mol. The van der Waals surface area contributed by atoms with Crippen LogP contribution >= 0.6 is 0 Å². The number of carbonyl (C=O) groups is 2. The van der Waals surface area contributed by atoms with E-state index in [-0.39, 0.29) is 5.91 Å². The fraction of sp³-hybridized carbons (Fsp3) is 0.0714. The van der Waals surface area contributed by atoms with Crippen molar-refractivity contribution in [2.75, 3.05) is 10.6 Å². The molecule has 1 heterocycles. The van der Waals surface area contributed by atoms with Crippen molar-refractivity contribution in [1.29, 1.82) is 0 Å². The van der Waals surface area contributed by atoms with Crippen molar-refractivity contribution < 1.29 is 9.59 Å². The van der Waals surface area contributed by atoms with Gasteiger partial charge >= 0.3 is 6.03 Å². The molecule has 1 aromatic carbocycles. The molecule has 0 atom stereocenters. The van der Waals surface area contributed by atoms with Crippen LogP contribution in [0.15, 0.2) is 42.5 Å². The highest BCUT2D eigenvalue weighted by Gasteiger charge is 2.07. The third-order valence-corrected chi connectivity index (χ3v) is 2.53. The number of carbonyl (C=O) groups excluding carboxylic acids is 2. The second-order valence-corrected chi connectivity index (χ2v) is 4.18. The van der Waals surface area contributed by atoms with E-state index < -0.39 is 6.03 Å². The first-order valence-electron chi connectivity index (χ1n) is 5.96. The van der Waals surface area contributed by atoms with Crippen LogP contribution in [0.1, 0.15) is 16.2 Å². The molecule has 0 saturated heterocycles. The van der Waals surface area contributed by atoms with Crippen LogP contribution in [-0.2, 0) is 0 Å². The summed E-state index contributed by atoms with van der Waals surface area (Å²) in [6.07, 6.45) is 0. The summed E-state index contributed by atoms with van der Waals surface area (Å²) in [5, 5.41) is 5.16. The Morgan fingerprint density at radius 2 is 1.60 bits per heavy atom. The van der Waals surface area contributed by atoms with Crippen LogP contribution in [0.5, 0.6) is 0 Å². The standard InChI is InChI=1S/C14H14N4O2/c1-9-3-2-4-12(16-9)13(19)17-10-5-7-11(8-6-10)18-14(15)20/h2-8H,1H3,(H,17,19)(H3,15,18,20). The molecule has 0 aliphatic heterocycles. The SMILES string of the molecule is Cc1cccc(C(=O)Nc2ccc(NC(N)=O)cc2)n1. The Balaban J connectivity index is 2.06. The summed E-state index contributed by atoms with van der Waals surface area (Å²) in [6.45, 7) is 1.82. The number of nitrogens with one attached hydrogen (secondary N) is 2. The second-order valence-electron chi connectivity index (χ2n) is 4.18. The van der Waals surface area contributed by atoms with Crippen molar-refractivity contribution in [2.45, 2.75) is 6.92 Å². The van der Waals surface area contributed by atoms with Gasteiger partial charge in [-0.15, -0.1) is 0 Å². The summed E-state index contributed by atoms with van der Waals surface area (Å²) in [4.78, 5) is 26.8. The van der Waals surface area contributed by atoms with Gasteiger partial charge < -0.3 is 16.4 Å². The van der Waals surface area contributed by atoms with E-state index in [2.05, 4.69) is 15.6 Å². The molecular weight excluding hydrogens is 256 g/mol. The number of pyridine rings is 1. The van der Waals surface area contributed by atoms with Gasteiger partial charge in [0.15, 0.2) is 0 Å². The van der Waals surface area contributed by atoms with E-state index in [9.17, 15) is 9.59 Å². The summed E-state index contributed by atoms with van der Waals surface area (Å²) in [7, 11) is 0. The Kier molecular flexibility index (Phi) is 3.95. The predicted octanol–water partition coefficient (Wildman–Crippen LogP) is 2.13. The average Bonchev–Trinajstić information content (AvgIpc) is 2.40. The lowest BCUT2D eigenvalue weighted by atomic mass is 10.2. The predicted molar refractivity (Wildman–Crippen MR) is 76.6 cm³/mol. The van der Waals surface area contributed by atoms with Gasteiger partial charge in [0.1, 0.15) is 5.69 Å². The maximum absolute atomic E-state index is 12.0. The van der Waals surface area contributed by atoms with E-state index in [1.165, 1.54) is 0 Å². The Morgan fingerprint density at radius 3 is 2.15 bits per heavy atom. The number of benzene rings is 1. The Morgan fingerprint density at radius 1 is 1.00 bits per heavy atom. The van der Waals surface area contributed by atoms with E-state index in [4.69, 9.17) is 5.73 Å². The molecule has 6 heteroatoms. The molecule has 2 aromatic rings. The highest BCUT2D eigenvalue weighted by molar-refractivity contribution is 6.03. The van der Waals surface area contributed by atoms with Gasteiger partial charge in [0.2, 0.25) is 0 Å². The number of hydrogen-bond donors (Lipinski definition) is 3. The smallest absolute Gasteiger partial charge is 0.316 e. The first-order valence-corrected chi connectivity index (χ1v) is 5.96. The summed E-state index contributed by atoms with van der Waals surface area (Å²) < 4.78 is 0. The fourth-order valence-electron chi connectivity index (χ4n) is 1.64. The maximum atomic E-state index is 12.0. The largest absolute Gasteiger partial charge is 0.351 e. The van der Waals surface area contributed by atoms with Crippen molar-refractivity contribution in [3.63, 3.8) is 0 Å². The highest BCUT2D eigenvalue weighted by atomic mass is 16.2. The van der Waals surface area contributed by atoms with Gasteiger partial charge in [0.05, 0.1) is 0 Å². The van der Waals surface area contributed by atoms with E-state index in [0.29, 0.717) is 17.1 Å². The first kappa shape index (κ1) is 13.5. The van der Waals surface area contributed by atoms with Gasteiger partial charge in [-0.1, -0.05) is 6.07 Å². The molecule has 3 amide bonds. The zero-order valence-electron chi connectivity index (χ0n) is 10.9. The number of aromatic nitrogens is 1. The zero-order chi connectivity index (χ0) is 14.5. The molecule has 4 N–H and O–H groups in total. The van der Waals surface area contributed by atoms with Crippen LogP contribution in [0.3, 0.4) is 0 Å². The Hall–Kier alpha value is -2.89. The highest BCUT2D eigenvalue weighted by Crippen LogP contribution is 2.14. The molecule has 0 spiro atoms. The maximum Gasteiger partial charge on any atom is 0.316 e. The minimum atomic E-state index is -0.634. The van der Waals surface area contributed by atoms with Crippen molar-refractivity contribution in [2.24, 2.45) is 5.73 Å². The van der Waals surface area contributed by atoms with Crippen molar-refractivity contribution in [3.8, 4) is 0 Å². The molecule has 0 radical (unpaired) electrons. The van der Waals surface area contributed by atoms with Crippen LogP contribution in [-0.4, -0.2) is 16.9 Å². The van der Waals surface area contributed by atoms with Crippen LogP contribution in [0.4, 0.5) is 16.2 Å². The minimum Gasteiger partial charge on any atom is -0.351 e. The van der Waals surface area contributed by atoms with Gasteiger partial charge in [0.25, 0.3) is 5.91 Å². The number of urea groups is 1. The van der Waals surface area contributed by atoms with E-state index >= 15 is 0 Å². The molecule has 6 nitrogen and oxygen atoms in total. The fourth-order valence-corrected chi connectivity index (χ4v) is 1.64. The number of aryl methyl sites for hydroxylation is 1. The van der Waals surface area contributed by atoms with Gasteiger partial charge in [0, 0.05) is 17.1 Å². The molecule has 0 aliphatic rings. The molecule has 0 aliphatic carbocycles. The number of amides is 3. The van der Waals surface area contributed by atoms with Gasteiger partial charge in [-0.2, -0.15) is 0 Å². The third kappa shape index (κ3) is 3.55. The Bertz CT molecular complexity index is 638. The molecule has 102 valence electrons. The van der Waals surface area contributed by atoms with Gasteiger partial charge in [-0.05, 0) is 43.3 Å². The van der Waals surface area contributed by atoms with Crippen LogP contribution in [0, 0.1) is 6.92 Å². The number of rotatable bonds is 3. The minimum absolute atomic E-state index is 0.288. The lowest BCUT2D eigenvalue weighted by molar-refractivity contribution is 0.102. The number of nitrogens with two attached hydrogens (primary N) is 1. The third-order valence-electron chi connectivity index (χ3n) is 2.53. The van der Waals surface area contributed by atoms with Crippen molar-refractivity contribution in [1.82, 2.24) is 4.98 Å². The molecule has 0 unspecified atom stereocenters. The van der Waals surface area contributed by atoms with Crippen molar-refractivity contribution in [3.05, 3.63) is 53.9 Å². The van der Waals surface area contributed by atoms with Crippen LogP contribution < -0.4 is 16.4 Å². The molecule has 0 fully saturated rings. The lowest BCUT2D eigenvalue weighted by Crippen LogP contribution is -2.19. The Labute approximate surface area is 116 Å². The number of nitrogens with zero attached hydrogens (tertiary/aromatic N) is 1. The summed E-state index contributed by atoms with van der Waals surface area (Å²) in [6, 6.07) is 11.2. The molecule has 2 rings (SSSR count). The van der Waals surface area contributed by atoms with E-state index in [1.807, 2.05) is 13.0 Å². The average molecular weight is 270 g/mol. The van der Waals surface area contributed by atoms with Crippen LogP contribution in [0.2, 0.25) is 0 Å². The van der Waals surface area contributed by atoms with Gasteiger partial charge in [-0.25, -0.2) is 9.78 Å². The summed E-state index contributed by atoms with van der Waals surface area (Å²) in [5.41, 5.74) is 7.30. The first-order chi connectivity index (χ1) is 9.54. The molecule has 0 bridgehead atoms. The lowest BCUT2D eigenvalue weighted by Gasteiger charge is -2.06. The number of anilines is 2. The quantitative estimate of drug-likeness (QED) is 0.797.